The van der Waals surface area contributed by atoms with Gasteiger partial charge in [-0.3, -0.25) is 28.8 Å². The molecule has 28 heteroatoms. The molecular weight excluding hydrogens is 1230 g/mol. The molecule has 6 atom stereocenters. The van der Waals surface area contributed by atoms with E-state index >= 15 is 0 Å². The van der Waals surface area contributed by atoms with E-state index in [-0.39, 0.29) is 134 Å². The van der Waals surface area contributed by atoms with Gasteiger partial charge in [0.05, 0.1) is 73.4 Å². The predicted molar refractivity (Wildman–Crippen MR) is 346 cm³/mol. The third kappa shape index (κ3) is 16.3. The van der Waals surface area contributed by atoms with Gasteiger partial charge in [0, 0.05) is 90.9 Å². The molecule has 10 rings (SSSR count). The van der Waals surface area contributed by atoms with E-state index in [1.54, 1.807) is 81.8 Å². The Bertz CT molecular complexity index is 3240. The number of carbonyl (C=O) groups excluding carboxylic acids is 8. The first kappa shape index (κ1) is 68.7. The number of ether oxygens (including phenoxy) is 10. The number of methoxy groups -OCH3 is 2. The van der Waals surface area contributed by atoms with Crippen LogP contribution in [-0.4, -0.2) is 184 Å². The zero-order valence-electron chi connectivity index (χ0n) is 54.4. The zero-order chi connectivity index (χ0) is 67.1. The number of rotatable bonds is 28. The molecule has 4 fully saturated rings. The van der Waals surface area contributed by atoms with Gasteiger partial charge in [0.1, 0.15) is 24.6 Å². The Morgan fingerprint density at radius 1 is 0.558 bits per heavy atom. The van der Waals surface area contributed by atoms with Crippen LogP contribution in [0, 0.1) is 0 Å². The molecule has 6 aliphatic heterocycles. The van der Waals surface area contributed by atoms with Crippen LogP contribution in [0.15, 0.2) is 74.1 Å². The monoisotopic (exact) mass is 1320 g/mol. The van der Waals surface area contributed by atoms with Crippen LogP contribution in [0.1, 0.15) is 138 Å². The zero-order valence-corrected chi connectivity index (χ0v) is 54.4. The summed E-state index contributed by atoms with van der Waals surface area (Å²) in [7, 11) is 6.26. The van der Waals surface area contributed by atoms with Gasteiger partial charge in [-0.15, -0.1) is 0 Å². The van der Waals surface area contributed by atoms with Crippen molar-refractivity contribution in [1.82, 2.24) is 29.6 Å². The minimum Gasteiger partial charge on any atom is -0.493 e. The first-order valence-electron chi connectivity index (χ1n) is 32.6. The fraction of sp³-hybridized carbons (Fsp3) is 0.522. The summed E-state index contributed by atoms with van der Waals surface area (Å²) in [5, 5.41) is 11.4. The van der Waals surface area contributed by atoms with Gasteiger partial charge in [0.25, 0.3) is 23.6 Å². The molecule has 8 heterocycles. The highest BCUT2D eigenvalue weighted by atomic mass is 16.7. The molecule has 0 spiro atoms. The van der Waals surface area contributed by atoms with E-state index in [1.807, 2.05) is 0 Å². The Hall–Kier alpha value is -9.12. The fourth-order valence-corrected chi connectivity index (χ4v) is 12.7. The molecule has 4 aromatic rings. The maximum Gasteiger partial charge on any atom is 0.416 e. The molecule has 0 bridgehead atoms. The molecule has 8 amide bonds. The van der Waals surface area contributed by atoms with E-state index in [2.05, 4.69) is 34.4 Å². The van der Waals surface area contributed by atoms with Crippen molar-refractivity contribution in [3.8, 4) is 23.0 Å². The number of hydrogen-bond donors (Lipinski definition) is 4. The number of aryl methyl sites for hydroxylation is 2. The fourth-order valence-electron chi connectivity index (χ4n) is 12.7. The van der Waals surface area contributed by atoms with Crippen LogP contribution in [0.2, 0.25) is 0 Å². The van der Waals surface area contributed by atoms with Crippen molar-refractivity contribution in [1.29, 1.82) is 0 Å². The van der Waals surface area contributed by atoms with Crippen LogP contribution in [0.4, 0.5) is 32.3 Å². The van der Waals surface area contributed by atoms with Gasteiger partial charge in [-0.2, -0.15) is 0 Å². The Balaban J connectivity index is 0.661. The van der Waals surface area contributed by atoms with E-state index in [1.165, 1.54) is 36.2 Å². The quantitative estimate of drug-likeness (QED) is 0.0312. The number of benzene rings is 2. The maximum absolute atomic E-state index is 14.2. The molecule has 6 aliphatic rings. The van der Waals surface area contributed by atoms with Gasteiger partial charge < -0.3 is 87.6 Å². The first-order valence-corrected chi connectivity index (χ1v) is 32.6. The van der Waals surface area contributed by atoms with Crippen molar-refractivity contribution in [2.24, 2.45) is 14.1 Å². The van der Waals surface area contributed by atoms with Crippen molar-refractivity contribution in [2.45, 2.75) is 133 Å². The van der Waals surface area contributed by atoms with Crippen LogP contribution in [0.5, 0.6) is 23.0 Å². The summed E-state index contributed by atoms with van der Waals surface area (Å²) in [5.74, 6) is -1.03. The second-order valence-corrected chi connectivity index (χ2v) is 23.9. The van der Waals surface area contributed by atoms with Crippen molar-refractivity contribution in [3.05, 3.63) is 96.6 Å². The molecule has 4 N–H and O–H groups in total. The van der Waals surface area contributed by atoms with Crippen molar-refractivity contribution >= 4 is 70.4 Å². The van der Waals surface area contributed by atoms with Gasteiger partial charge >= 0.3 is 12.2 Å². The molecule has 512 valence electrons. The van der Waals surface area contributed by atoms with Crippen molar-refractivity contribution < 1.29 is 85.7 Å². The number of aromatic nitrogens is 2. The number of carbonyl (C=O) groups is 8. The lowest BCUT2D eigenvalue weighted by Crippen LogP contribution is -2.54. The van der Waals surface area contributed by atoms with Crippen molar-refractivity contribution in [3.63, 3.8) is 0 Å². The number of nitrogens with one attached hydrogen (secondary N) is 4. The third-order valence-electron chi connectivity index (χ3n) is 17.3. The molecule has 2 aromatic carbocycles. The molecule has 0 radical (unpaired) electrons. The highest BCUT2D eigenvalue weighted by molar-refractivity contribution is 6.07. The van der Waals surface area contributed by atoms with E-state index in [4.69, 9.17) is 47.4 Å². The Morgan fingerprint density at radius 2 is 0.989 bits per heavy atom. The van der Waals surface area contributed by atoms with Gasteiger partial charge in [-0.25, -0.2) is 19.4 Å². The van der Waals surface area contributed by atoms with Gasteiger partial charge in [-0.1, -0.05) is 25.3 Å². The normalized spacial score (nSPS) is 20.6. The molecule has 28 nitrogen and oxygen atoms in total. The summed E-state index contributed by atoms with van der Waals surface area (Å²) in [6.07, 6.45) is 10.2. The van der Waals surface area contributed by atoms with Gasteiger partial charge in [0.2, 0.25) is 11.8 Å². The van der Waals surface area contributed by atoms with Gasteiger partial charge in [-0.05, 0) is 108 Å². The van der Waals surface area contributed by atoms with E-state index in [0.717, 1.165) is 38.5 Å². The summed E-state index contributed by atoms with van der Waals surface area (Å²) >= 11 is 0. The second-order valence-electron chi connectivity index (χ2n) is 23.9. The number of fused-ring (bicyclic) bond motifs is 4. The number of hydrogen-bond acceptors (Lipinski definition) is 18. The van der Waals surface area contributed by atoms with Crippen LogP contribution in [0.25, 0.3) is 0 Å². The summed E-state index contributed by atoms with van der Waals surface area (Å²) < 4.78 is 63.1. The highest BCUT2D eigenvalue weighted by Crippen LogP contribution is 2.45. The largest absolute Gasteiger partial charge is 0.493 e. The third-order valence-corrected chi connectivity index (χ3v) is 17.3. The SMILES string of the molecule is C=CCOC(=O)N1c2cc(OCCCC(=O)Nc3cc(C(=O)NCCCNC(=O)c4cc(NC(=O)CCCOc5cc6c(cc5OC)C(=O)N5CCC[C@H]5[C@H](OC5CCCCO5)N6C(=O)OCC=C)cn4C)n(C)c3)c(OC)cc2C(=O)N2CCC[C@H]2[C@@H]1OC1CCCCO1. The molecular formula is C67H86N10O18. The van der Waals surface area contributed by atoms with Crippen LogP contribution in [0.3, 0.4) is 0 Å². The van der Waals surface area contributed by atoms with Crippen molar-refractivity contribution in [2.75, 3.05) is 100 Å². The first-order chi connectivity index (χ1) is 46.1. The summed E-state index contributed by atoms with van der Waals surface area (Å²) in [5.41, 5.74) is 2.27. The van der Waals surface area contributed by atoms with Crippen LogP contribution in [-0.2, 0) is 52.1 Å². The predicted octanol–water partition coefficient (Wildman–Crippen LogP) is 7.76. The molecule has 0 saturated carbocycles. The number of nitrogens with zero attached hydrogens (tertiary/aromatic N) is 6. The van der Waals surface area contributed by atoms with E-state index in [0.29, 0.717) is 81.2 Å². The van der Waals surface area contributed by atoms with Crippen LogP contribution >= 0.6 is 0 Å². The Morgan fingerprint density at radius 3 is 1.38 bits per heavy atom. The lowest BCUT2D eigenvalue weighted by molar-refractivity contribution is -0.195. The smallest absolute Gasteiger partial charge is 0.416 e. The topological polar surface area (TPSA) is 300 Å². The minimum atomic E-state index is -0.922. The average Bonchev–Trinajstić information content (AvgIpc) is 1.63. The Labute approximate surface area is 551 Å². The lowest BCUT2D eigenvalue weighted by Gasteiger charge is -2.38. The number of anilines is 4. The highest BCUT2D eigenvalue weighted by Gasteiger charge is 2.50. The molecule has 95 heavy (non-hydrogen) atoms. The Kier molecular flexibility index (Phi) is 23.4. The van der Waals surface area contributed by atoms with E-state index in [9.17, 15) is 38.4 Å². The summed E-state index contributed by atoms with van der Waals surface area (Å²) in [4.78, 5) is 116. The maximum atomic E-state index is 14.2. The molecule has 2 unspecified atom stereocenters. The summed E-state index contributed by atoms with van der Waals surface area (Å²) in [6.45, 7) is 9.79. The average molecular weight is 1320 g/mol. The molecule has 0 aliphatic carbocycles. The van der Waals surface area contributed by atoms with E-state index < -0.39 is 61.1 Å². The second kappa shape index (κ2) is 32.3. The molecule has 4 saturated heterocycles. The standard InChI is InChI=1S/C67H86N10O18/c1-7-28-92-66(84)76-48-38-54(52(86-5)36-44(48)62(82)74-26-13-18-46(74)64(76)94-58-22-9-11-30-90-58)88-32-15-20-56(78)70-42-34-50(72(3)40-42)60(80)68-24-17-25-69-61(81)51-35-43(41-73(51)4)71-57(79)21-16-33-89-55-39-49-45(37-53(55)87-6)63(83)75-27-14-19-47(75)65(77(49)67(85)93-29-8-2)95-59-23-10-12-31-91-59/h7-8,34-41,46-47,58-59,64-65H,1-2,9-33H2,3-6H3,(H,68,80)(H,69,81)(H,70,78)(H,71,79)/t46-,47-,58?,59?,64-,65-/m0/s1. The molecule has 2 aromatic heterocycles. The van der Waals surface area contributed by atoms with Crippen LogP contribution < -0.4 is 50.0 Å². The van der Waals surface area contributed by atoms with Gasteiger partial charge in [0.15, 0.2) is 48.0 Å². The number of amides is 8. The lowest BCUT2D eigenvalue weighted by atomic mass is 10.1. The summed E-state index contributed by atoms with van der Waals surface area (Å²) in [6, 6.07) is 8.41. The minimum absolute atomic E-state index is 0.0483.